The summed E-state index contributed by atoms with van der Waals surface area (Å²) in [4.78, 5) is 23.2. The number of nitrogens with zero attached hydrogens (tertiary/aromatic N) is 3. The molecule has 7 heteroatoms. The van der Waals surface area contributed by atoms with Gasteiger partial charge in [0, 0.05) is 37.7 Å². The molecule has 0 aliphatic carbocycles. The molecule has 0 amide bonds. The molecule has 2 aromatic rings. The second-order valence-electron chi connectivity index (χ2n) is 6.84. The number of halogens is 2. The zero-order valence-corrected chi connectivity index (χ0v) is 16.0. The van der Waals surface area contributed by atoms with Crippen molar-refractivity contribution in [1.82, 2.24) is 14.9 Å². The second kappa shape index (κ2) is 7.77. The standard InChI is InChI=1S/C18H22N4O.2ClH/c1-12-5-3-4-6-14(12)18-15-10-22(9-13(15)8-21(18)2)16-7-17(23)20-11-19-16;;/h3-7,11,13,15,18H,8-10H2,1-2H3,(H,19,20,23);2*1H/t13-,15+,18+;;/m0../s1. The van der Waals surface area contributed by atoms with Crippen molar-refractivity contribution >= 4 is 30.6 Å². The van der Waals surface area contributed by atoms with Crippen LogP contribution < -0.4 is 10.5 Å². The molecule has 4 rings (SSSR count). The predicted molar refractivity (Wildman–Crippen MR) is 105 cm³/mol. The van der Waals surface area contributed by atoms with Gasteiger partial charge in [-0.1, -0.05) is 24.3 Å². The minimum Gasteiger partial charge on any atom is -0.356 e. The maximum Gasteiger partial charge on any atom is 0.252 e. The Hall–Kier alpha value is -1.56. The minimum absolute atomic E-state index is 0. The third-order valence-corrected chi connectivity index (χ3v) is 5.39. The number of aromatic amines is 1. The number of aryl methyl sites for hydroxylation is 1. The molecule has 1 N–H and O–H groups in total. The molecule has 0 saturated carbocycles. The smallest absolute Gasteiger partial charge is 0.252 e. The summed E-state index contributed by atoms with van der Waals surface area (Å²) in [6.07, 6.45) is 1.50. The van der Waals surface area contributed by atoms with E-state index in [1.54, 1.807) is 6.07 Å². The number of anilines is 1. The maximum atomic E-state index is 11.5. The predicted octanol–water partition coefficient (Wildman–Crippen LogP) is 2.66. The fourth-order valence-electron chi connectivity index (χ4n) is 4.36. The molecule has 2 saturated heterocycles. The van der Waals surface area contributed by atoms with E-state index in [4.69, 9.17) is 0 Å². The molecule has 0 unspecified atom stereocenters. The Balaban J connectivity index is 0.00000113. The van der Waals surface area contributed by atoms with Crippen LogP contribution in [0.1, 0.15) is 17.2 Å². The second-order valence-corrected chi connectivity index (χ2v) is 6.84. The van der Waals surface area contributed by atoms with Gasteiger partial charge in [-0.25, -0.2) is 4.98 Å². The molecule has 0 spiro atoms. The highest BCUT2D eigenvalue weighted by atomic mass is 35.5. The van der Waals surface area contributed by atoms with Crippen LogP contribution in [0, 0.1) is 18.8 Å². The fraction of sp³-hybridized carbons (Fsp3) is 0.444. The molecule has 3 heterocycles. The van der Waals surface area contributed by atoms with Gasteiger partial charge in [-0.05, 0) is 31.0 Å². The van der Waals surface area contributed by atoms with Crippen molar-refractivity contribution in [3.8, 4) is 0 Å². The summed E-state index contributed by atoms with van der Waals surface area (Å²) >= 11 is 0. The zero-order valence-electron chi connectivity index (χ0n) is 14.4. The number of rotatable bonds is 2. The Morgan fingerprint density at radius 2 is 1.92 bits per heavy atom. The molecule has 2 fully saturated rings. The van der Waals surface area contributed by atoms with Gasteiger partial charge in [0.2, 0.25) is 0 Å². The number of hydrogen-bond acceptors (Lipinski definition) is 4. The summed E-state index contributed by atoms with van der Waals surface area (Å²) in [6, 6.07) is 10.7. The van der Waals surface area contributed by atoms with E-state index in [0.717, 1.165) is 25.5 Å². The van der Waals surface area contributed by atoms with E-state index in [0.29, 0.717) is 17.9 Å². The Kier molecular flexibility index (Phi) is 6.14. The highest BCUT2D eigenvalue weighted by molar-refractivity contribution is 5.85. The molecular weight excluding hydrogens is 359 g/mol. The SMILES string of the molecule is Cc1ccccc1[C@@H]1[C@@H]2CN(c3cc(=O)[nH]cn3)C[C@@H]2CN1C.Cl.Cl. The van der Waals surface area contributed by atoms with E-state index in [1.165, 1.54) is 17.5 Å². The average Bonchev–Trinajstić information content (AvgIpc) is 3.05. The van der Waals surface area contributed by atoms with E-state index < -0.39 is 0 Å². The summed E-state index contributed by atoms with van der Waals surface area (Å²) in [5.41, 5.74) is 2.71. The fourth-order valence-corrected chi connectivity index (χ4v) is 4.36. The van der Waals surface area contributed by atoms with Gasteiger partial charge >= 0.3 is 0 Å². The molecule has 25 heavy (non-hydrogen) atoms. The van der Waals surface area contributed by atoms with Crippen molar-refractivity contribution in [2.45, 2.75) is 13.0 Å². The van der Waals surface area contributed by atoms with Crippen molar-refractivity contribution < 1.29 is 0 Å². The maximum absolute atomic E-state index is 11.5. The van der Waals surface area contributed by atoms with Crippen molar-refractivity contribution in [2.24, 2.45) is 11.8 Å². The van der Waals surface area contributed by atoms with Crippen molar-refractivity contribution in [3.05, 3.63) is 58.1 Å². The molecule has 1 aromatic heterocycles. The van der Waals surface area contributed by atoms with Crippen molar-refractivity contribution in [3.63, 3.8) is 0 Å². The number of H-pyrrole nitrogens is 1. The lowest BCUT2D eigenvalue weighted by molar-refractivity contribution is 0.279. The third kappa shape index (κ3) is 3.54. The van der Waals surface area contributed by atoms with Crippen LogP contribution in [-0.2, 0) is 0 Å². The highest BCUT2D eigenvalue weighted by Crippen LogP contribution is 2.45. The topological polar surface area (TPSA) is 52.2 Å². The van der Waals surface area contributed by atoms with Crippen molar-refractivity contribution in [1.29, 1.82) is 0 Å². The first-order valence-corrected chi connectivity index (χ1v) is 8.19. The van der Waals surface area contributed by atoms with Gasteiger partial charge < -0.3 is 9.88 Å². The summed E-state index contributed by atoms with van der Waals surface area (Å²) in [7, 11) is 2.23. The largest absolute Gasteiger partial charge is 0.356 e. The van der Waals surface area contributed by atoms with Crippen LogP contribution in [0.3, 0.4) is 0 Å². The Morgan fingerprint density at radius 3 is 2.64 bits per heavy atom. The van der Waals surface area contributed by atoms with E-state index in [1.807, 2.05) is 0 Å². The molecule has 1 aromatic carbocycles. The first kappa shape index (κ1) is 19.8. The summed E-state index contributed by atoms with van der Waals surface area (Å²) < 4.78 is 0. The van der Waals surface area contributed by atoms with Gasteiger partial charge in [0.1, 0.15) is 5.82 Å². The number of fused-ring (bicyclic) bond motifs is 1. The van der Waals surface area contributed by atoms with Crippen LogP contribution in [0.15, 0.2) is 41.5 Å². The van der Waals surface area contributed by atoms with Crippen LogP contribution in [0.4, 0.5) is 5.82 Å². The van der Waals surface area contributed by atoms with Gasteiger partial charge in [-0.2, -0.15) is 0 Å². The van der Waals surface area contributed by atoms with Crippen LogP contribution in [0.5, 0.6) is 0 Å². The van der Waals surface area contributed by atoms with Gasteiger partial charge in [-0.3, -0.25) is 9.69 Å². The molecule has 136 valence electrons. The molecular formula is C18H24Cl2N4O. The Bertz CT molecular complexity index is 781. The Labute approximate surface area is 160 Å². The quantitative estimate of drug-likeness (QED) is 0.867. The number of likely N-dealkylation sites (tertiary alicyclic amines) is 1. The molecule has 5 nitrogen and oxygen atoms in total. The van der Waals surface area contributed by atoms with Gasteiger partial charge in [0.25, 0.3) is 5.56 Å². The van der Waals surface area contributed by atoms with Crippen LogP contribution in [0.25, 0.3) is 0 Å². The molecule has 2 aliphatic rings. The van der Waals surface area contributed by atoms with E-state index in [9.17, 15) is 4.79 Å². The van der Waals surface area contributed by atoms with E-state index >= 15 is 0 Å². The first-order chi connectivity index (χ1) is 11.1. The number of benzene rings is 1. The van der Waals surface area contributed by atoms with E-state index in [2.05, 4.69) is 58.0 Å². The van der Waals surface area contributed by atoms with Crippen LogP contribution in [0.2, 0.25) is 0 Å². The normalized spacial score (nSPS) is 25.2. The monoisotopic (exact) mass is 382 g/mol. The van der Waals surface area contributed by atoms with Crippen LogP contribution in [-0.4, -0.2) is 41.5 Å². The summed E-state index contributed by atoms with van der Waals surface area (Å²) in [5.74, 6) is 2.02. The molecule has 3 atom stereocenters. The zero-order chi connectivity index (χ0) is 16.0. The average molecular weight is 383 g/mol. The summed E-state index contributed by atoms with van der Waals surface area (Å²) in [6.45, 7) is 5.24. The van der Waals surface area contributed by atoms with Gasteiger partial charge in [0.15, 0.2) is 0 Å². The van der Waals surface area contributed by atoms with Gasteiger partial charge in [-0.15, -0.1) is 24.8 Å². The highest BCUT2D eigenvalue weighted by Gasteiger charge is 2.46. The lowest BCUT2D eigenvalue weighted by atomic mass is 9.88. The van der Waals surface area contributed by atoms with Gasteiger partial charge in [0.05, 0.1) is 6.33 Å². The van der Waals surface area contributed by atoms with Crippen LogP contribution >= 0.6 is 24.8 Å². The number of hydrogen-bond donors (Lipinski definition) is 1. The molecule has 0 bridgehead atoms. The Morgan fingerprint density at radius 1 is 1.16 bits per heavy atom. The molecule has 0 radical (unpaired) electrons. The molecule has 2 aliphatic heterocycles. The third-order valence-electron chi connectivity index (χ3n) is 5.39. The van der Waals surface area contributed by atoms with E-state index in [-0.39, 0.29) is 30.4 Å². The lowest BCUT2D eigenvalue weighted by Crippen LogP contribution is -2.30. The summed E-state index contributed by atoms with van der Waals surface area (Å²) in [5, 5.41) is 0. The first-order valence-electron chi connectivity index (χ1n) is 8.19. The van der Waals surface area contributed by atoms with Crippen molar-refractivity contribution in [2.75, 3.05) is 31.6 Å². The number of aromatic nitrogens is 2. The lowest BCUT2D eigenvalue weighted by Gasteiger charge is -2.28. The minimum atomic E-state index is -0.0837. The number of nitrogens with one attached hydrogen (secondary N) is 1.